The summed E-state index contributed by atoms with van der Waals surface area (Å²) in [6, 6.07) is 8.01. The van der Waals surface area contributed by atoms with Crippen molar-refractivity contribution in [1.29, 1.82) is 0 Å². The first kappa shape index (κ1) is 12.8. The summed E-state index contributed by atoms with van der Waals surface area (Å²) in [7, 11) is 1.72. The lowest BCUT2D eigenvalue weighted by Gasteiger charge is -2.12. The van der Waals surface area contributed by atoms with Gasteiger partial charge >= 0.3 is 0 Å². The predicted octanol–water partition coefficient (Wildman–Crippen LogP) is 2.92. The van der Waals surface area contributed by atoms with Gasteiger partial charge in [-0.15, -0.1) is 0 Å². The van der Waals surface area contributed by atoms with E-state index in [-0.39, 0.29) is 6.10 Å². The molecule has 90 valence electrons. The molecule has 0 spiro atoms. The highest BCUT2D eigenvalue weighted by Crippen LogP contribution is 2.15. The maximum absolute atomic E-state index is 5.50. The molecule has 1 aromatic rings. The van der Waals surface area contributed by atoms with Crippen LogP contribution in [0.5, 0.6) is 5.75 Å². The molecular formula is C13H21NO2. The van der Waals surface area contributed by atoms with Crippen LogP contribution in [-0.4, -0.2) is 26.4 Å². The average molecular weight is 223 g/mol. The molecule has 1 rings (SSSR count). The fraction of sp³-hybridized carbons (Fsp3) is 0.538. The van der Waals surface area contributed by atoms with E-state index in [1.165, 1.54) is 0 Å². The van der Waals surface area contributed by atoms with Gasteiger partial charge in [0, 0.05) is 19.3 Å². The topological polar surface area (TPSA) is 30.5 Å². The van der Waals surface area contributed by atoms with E-state index >= 15 is 0 Å². The minimum Gasteiger partial charge on any atom is -0.494 e. The van der Waals surface area contributed by atoms with E-state index in [2.05, 4.69) is 12.2 Å². The Labute approximate surface area is 97.8 Å². The third-order valence-electron chi connectivity index (χ3n) is 2.32. The van der Waals surface area contributed by atoms with E-state index in [1.807, 2.05) is 31.2 Å². The first-order valence-corrected chi connectivity index (χ1v) is 5.75. The number of anilines is 1. The van der Waals surface area contributed by atoms with Crippen LogP contribution >= 0.6 is 0 Å². The van der Waals surface area contributed by atoms with Gasteiger partial charge in [0.05, 0.1) is 12.7 Å². The summed E-state index contributed by atoms with van der Waals surface area (Å²) in [6.07, 6.45) is 1.25. The summed E-state index contributed by atoms with van der Waals surface area (Å²) < 4.78 is 10.7. The lowest BCUT2D eigenvalue weighted by Crippen LogP contribution is -2.17. The van der Waals surface area contributed by atoms with Crippen LogP contribution in [-0.2, 0) is 4.74 Å². The summed E-state index contributed by atoms with van der Waals surface area (Å²) in [6.45, 7) is 5.72. The minimum atomic E-state index is 0.219. The summed E-state index contributed by atoms with van der Waals surface area (Å²) in [5.41, 5.74) is 1.09. The number of methoxy groups -OCH3 is 1. The van der Waals surface area contributed by atoms with Crippen molar-refractivity contribution < 1.29 is 9.47 Å². The maximum atomic E-state index is 5.50. The van der Waals surface area contributed by atoms with Crippen LogP contribution < -0.4 is 10.1 Å². The van der Waals surface area contributed by atoms with E-state index in [0.29, 0.717) is 0 Å². The number of ether oxygens (including phenoxy) is 2. The molecule has 0 bridgehead atoms. The standard InChI is InChI=1S/C13H21NO2/c1-4-9-16-13-7-5-12(6-8-13)14-10-11(2)15-3/h5-8,11,14H,4,9-10H2,1-3H3. The number of hydrogen-bond acceptors (Lipinski definition) is 3. The largest absolute Gasteiger partial charge is 0.494 e. The Morgan fingerprint density at radius 1 is 1.25 bits per heavy atom. The second kappa shape index (κ2) is 7.12. The fourth-order valence-corrected chi connectivity index (χ4v) is 1.23. The van der Waals surface area contributed by atoms with Crippen molar-refractivity contribution >= 4 is 5.69 Å². The highest BCUT2D eigenvalue weighted by molar-refractivity contribution is 5.46. The third-order valence-corrected chi connectivity index (χ3v) is 2.32. The summed E-state index contributed by atoms with van der Waals surface area (Å²) in [4.78, 5) is 0. The van der Waals surface area contributed by atoms with Crippen LogP contribution in [0.1, 0.15) is 20.3 Å². The number of benzene rings is 1. The molecule has 0 amide bonds. The predicted molar refractivity (Wildman–Crippen MR) is 67.2 cm³/mol. The van der Waals surface area contributed by atoms with Gasteiger partial charge in [0.25, 0.3) is 0 Å². The number of nitrogens with one attached hydrogen (secondary N) is 1. The molecule has 16 heavy (non-hydrogen) atoms. The molecule has 0 saturated carbocycles. The number of rotatable bonds is 7. The summed E-state index contributed by atoms with van der Waals surface area (Å²) in [5, 5.41) is 3.30. The summed E-state index contributed by atoms with van der Waals surface area (Å²) in [5.74, 6) is 0.923. The lowest BCUT2D eigenvalue weighted by molar-refractivity contribution is 0.129. The van der Waals surface area contributed by atoms with Crippen LogP contribution in [0.15, 0.2) is 24.3 Å². The molecule has 0 fully saturated rings. The minimum absolute atomic E-state index is 0.219. The van der Waals surface area contributed by atoms with Gasteiger partial charge in [-0.3, -0.25) is 0 Å². The van der Waals surface area contributed by atoms with E-state index < -0.39 is 0 Å². The van der Waals surface area contributed by atoms with Gasteiger partial charge in [0.1, 0.15) is 5.75 Å². The van der Waals surface area contributed by atoms with Crippen molar-refractivity contribution in [3.8, 4) is 5.75 Å². The van der Waals surface area contributed by atoms with E-state index in [0.717, 1.165) is 31.0 Å². The quantitative estimate of drug-likeness (QED) is 0.771. The van der Waals surface area contributed by atoms with Crippen molar-refractivity contribution in [1.82, 2.24) is 0 Å². The Kier molecular flexibility index (Phi) is 5.72. The molecule has 3 heteroatoms. The van der Waals surface area contributed by atoms with Crippen LogP contribution in [0.4, 0.5) is 5.69 Å². The monoisotopic (exact) mass is 223 g/mol. The second-order valence-electron chi connectivity index (χ2n) is 3.80. The smallest absolute Gasteiger partial charge is 0.119 e. The Bertz CT molecular complexity index is 284. The maximum Gasteiger partial charge on any atom is 0.119 e. The molecule has 0 aliphatic rings. The Balaban J connectivity index is 2.38. The second-order valence-corrected chi connectivity index (χ2v) is 3.80. The van der Waals surface area contributed by atoms with Crippen molar-refractivity contribution in [2.45, 2.75) is 26.4 Å². The van der Waals surface area contributed by atoms with Crippen molar-refractivity contribution in [2.24, 2.45) is 0 Å². The third kappa shape index (κ3) is 4.53. The zero-order chi connectivity index (χ0) is 11.8. The van der Waals surface area contributed by atoms with E-state index in [4.69, 9.17) is 9.47 Å². The van der Waals surface area contributed by atoms with Crippen LogP contribution in [0.25, 0.3) is 0 Å². The molecular weight excluding hydrogens is 202 g/mol. The van der Waals surface area contributed by atoms with Crippen molar-refractivity contribution in [3.63, 3.8) is 0 Å². The van der Waals surface area contributed by atoms with Gasteiger partial charge in [-0.25, -0.2) is 0 Å². The van der Waals surface area contributed by atoms with Gasteiger partial charge in [0.2, 0.25) is 0 Å². The first-order chi connectivity index (χ1) is 7.76. The van der Waals surface area contributed by atoms with Crippen LogP contribution in [0.3, 0.4) is 0 Å². The van der Waals surface area contributed by atoms with Gasteiger partial charge in [-0.1, -0.05) is 6.92 Å². The molecule has 1 atom stereocenters. The van der Waals surface area contributed by atoms with Crippen LogP contribution in [0.2, 0.25) is 0 Å². The number of hydrogen-bond donors (Lipinski definition) is 1. The highest BCUT2D eigenvalue weighted by Gasteiger charge is 1.99. The Hall–Kier alpha value is -1.22. The first-order valence-electron chi connectivity index (χ1n) is 5.75. The lowest BCUT2D eigenvalue weighted by atomic mass is 10.3. The molecule has 0 radical (unpaired) electrons. The zero-order valence-corrected chi connectivity index (χ0v) is 10.3. The molecule has 0 aromatic heterocycles. The average Bonchev–Trinajstić information content (AvgIpc) is 2.34. The molecule has 1 N–H and O–H groups in total. The Morgan fingerprint density at radius 3 is 2.50 bits per heavy atom. The molecule has 1 unspecified atom stereocenters. The molecule has 1 aromatic carbocycles. The molecule has 0 aliphatic heterocycles. The molecule has 0 heterocycles. The highest BCUT2D eigenvalue weighted by atomic mass is 16.5. The SMILES string of the molecule is CCCOc1ccc(NCC(C)OC)cc1. The van der Waals surface area contributed by atoms with E-state index in [1.54, 1.807) is 7.11 Å². The van der Waals surface area contributed by atoms with Crippen molar-refractivity contribution in [3.05, 3.63) is 24.3 Å². The van der Waals surface area contributed by atoms with Crippen molar-refractivity contribution in [2.75, 3.05) is 25.6 Å². The van der Waals surface area contributed by atoms with Gasteiger partial charge in [-0.05, 0) is 37.6 Å². The van der Waals surface area contributed by atoms with Gasteiger partial charge in [-0.2, -0.15) is 0 Å². The molecule has 0 aliphatic carbocycles. The fourth-order valence-electron chi connectivity index (χ4n) is 1.23. The van der Waals surface area contributed by atoms with E-state index in [9.17, 15) is 0 Å². The van der Waals surface area contributed by atoms with Crippen LogP contribution in [0, 0.1) is 0 Å². The Morgan fingerprint density at radius 2 is 1.94 bits per heavy atom. The zero-order valence-electron chi connectivity index (χ0n) is 10.3. The van der Waals surface area contributed by atoms with Gasteiger partial charge in [0.15, 0.2) is 0 Å². The van der Waals surface area contributed by atoms with Gasteiger partial charge < -0.3 is 14.8 Å². The molecule has 0 saturated heterocycles. The normalized spacial score (nSPS) is 12.2. The summed E-state index contributed by atoms with van der Waals surface area (Å²) >= 11 is 0. The molecule has 3 nitrogen and oxygen atoms in total.